The first-order chi connectivity index (χ1) is 9.19. The van der Waals surface area contributed by atoms with Crippen LogP contribution in [0.5, 0.6) is 0 Å². The number of likely N-dealkylation sites (N-methyl/N-ethyl adjacent to an activating group) is 1. The predicted octanol–water partition coefficient (Wildman–Crippen LogP) is 1.09. The Morgan fingerprint density at radius 3 is 2.68 bits per heavy atom. The van der Waals surface area contributed by atoms with E-state index in [1.54, 1.807) is 0 Å². The molecule has 1 heterocycles. The first-order valence-electron chi connectivity index (χ1n) is 7.70. The number of nitrogens with zero attached hydrogens (tertiary/aromatic N) is 1. The molecule has 0 aromatic heterocycles. The molecule has 1 saturated heterocycles. The normalized spacial score (nSPS) is 41.4. The van der Waals surface area contributed by atoms with Gasteiger partial charge in [0.1, 0.15) is 0 Å². The van der Waals surface area contributed by atoms with E-state index >= 15 is 0 Å². The summed E-state index contributed by atoms with van der Waals surface area (Å²) in [5.41, 5.74) is 0. The topological polar surface area (TPSA) is 44.7 Å². The van der Waals surface area contributed by atoms with Crippen molar-refractivity contribution < 1.29 is 9.84 Å². The Bertz CT molecular complexity index is 275. The van der Waals surface area contributed by atoms with E-state index in [2.05, 4.69) is 24.3 Å². The molecule has 2 fully saturated rings. The van der Waals surface area contributed by atoms with E-state index < -0.39 is 0 Å². The number of methoxy groups -OCH3 is 1. The third-order valence-electron chi connectivity index (χ3n) is 5.41. The minimum absolute atomic E-state index is 0.285. The van der Waals surface area contributed by atoms with Crippen molar-refractivity contribution in [2.24, 2.45) is 11.8 Å². The zero-order valence-corrected chi connectivity index (χ0v) is 12.6. The molecule has 2 rings (SSSR count). The lowest BCUT2D eigenvalue weighted by molar-refractivity contribution is -0.0338. The molecule has 0 bridgehead atoms. The summed E-state index contributed by atoms with van der Waals surface area (Å²) in [7, 11) is 6.05. The van der Waals surface area contributed by atoms with E-state index in [4.69, 9.17) is 4.74 Å². The van der Waals surface area contributed by atoms with Crippen LogP contribution in [0.1, 0.15) is 32.1 Å². The predicted molar refractivity (Wildman–Crippen MR) is 77.2 cm³/mol. The molecule has 0 aromatic rings. The average molecular weight is 270 g/mol. The quantitative estimate of drug-likeness (QED) is 0.803. The number of ether oxygens (including phenoxy) is 1. The first-order valence-corrected chi connectivity index (χ1v) is 7.70. The third-order valence-corrected chi connectivity index (χ3v) is 5.41. The Morgan fingerprint density at radius 1 is 1.26 bits per heavy atom. The molecule has 4 nitrogen and oxygen atoms in total. The summed E-state index contributed by atoms with van der Waals surface area (Å²) < 4.78 is 5.74. The highest BCUT2D eigenvalue weighted by molar-refractivity contribution is 4.91. The number of aliphatic hydroxyl groups excluding tert-OH is 1. The molecule has 4 heteroatoms. The smallest absolute Gasteiger partial charge is 0.0603 e. The number of hydrogen-bond acceptors (Lipinski definition) is 4. The summed E-state index contributed by atoms with van der Waals surface area (Å²) in [5.74, 6) is 1.35. The molecule has 5 atom stereocenters. The lowest BCUT2D eigenvalue weighted by Crippen LogP contribution is -2.48. The SMILES string of the molecule is CNC1CCC(OC)C(C2CCN(C)C(CO)C2)C1. The van der Waals surface area contributed by atoms with E-state index in [9.17, 15) is 5.11 Å². The second-order valence-electron chi connectivity index (χ2n) is 6.34. The fourth-order valence-electron chi connectivity index (χ4n) is 4.03. The Morgan fingerprint density at radius 2 is 2.05 bits per heavy atom. The fourth-order valence-corrected chi connectivity index (χ4v) is 4.03. The molecule has 1 saturated carbocycles. The van der Waals surface area contributed by atoms with E-state index in [0.717, 1.165) is 13.0 Å². The van der Waals surface area contributed by atoms with Crippen LogP contribution >= 0.6 is 0 Å². The van der Waals surface area contributed by atoms with E-state index in [1.807, 2.05) is 7.11 Å². The number of nitrogens with one attached hydrogen (secondary N) is 1. The van der Waals surface area contributed by atoms with Gasteiger partial charge >= 0.3 is 0 Å². The highest BCUT2D eigenvalue weighted by atomic mass is 16.5. The lowest BCUT2D eigenvalue weighted by atomic mass is 9.71. The maximum absolute atomic E-state index is 9.51. The summed E-state index contributed by atoms with van der Waals surface area (Å²) in [6, 6.07) is 0.981. The van der Waals surface area contributed by atoms with E-state index in [0.29, 0.717) is 30.0 Å². The maximum Gasteiger partial charge on any atom is 0.0603 e. The molecule has 5 unspecified atom stereocenters. The van der Waals surface area contributed by atoms with Crippen molar-refractivity contribution in [3.8, 4) is 0 Å². The van der Waals surface area contributed by atoms with Gasteiger partial charge in [-0.05, 0) is 64.6 Å². The van der Waals surface area contributed by atoms with Crippen molar-refractivity contribution in [2.75, 3.05) is 34.4 Å². The summed E-state index contributed by atoms with van der Waals surface area (Å²) in [6.45, 7) is 1.39. The van der Waals surface area contributed by atoms with Gasteiger partial charge in [-0.25, -0.2) is 0 Å². The Labute approximate surface area is 117 Å². The van der Waals surface area contributed by atoms with Gasteiger partial charge in [-0.2, -0.15) is 0 Å². The van der Waals surface area contributed by atoms with Crippen LogP contribution in [0.3, 0.4) is 0 Å². The van der Waals surface area contributed by atoms with Gasteiger partial charge in [0.2, 0.25) is 0 Å². The van der Waals surface area contributed by atoms with Crippen LogP contribution in [-0.2, 0) is 4.74 Å². The van der Waals surface area contributed by atoms with Crippen LogP contribution in [0.15, 0.2) is 0 Å². The zero-order valence-electron chi connectivity index (χ0n) is 12.6. The minimum atomic E-state index is 0.285. The molecule has 19 heavy (non-hydrogen) atoms. The van der Waals surface area contributed by atoms with Gasteiger partial charge in [0.05, 0.1) is 12.7 Å². The van der Waals surface area contributed by atoms with Crippen LogP contribution < -0.4 is 5.32 Å². The van der Waals surface area contributed by atoms with Crippen molar-refractivity contribution in [3.63, 3.8) is 0 Å². The van der Waals surface area contributed by atoms with Gasteiger partial charge in [0.25, 0.3) is 0 Å². The molecule has 0 aromatic carbocycles. The summed E-state index contributed by atoms with van der Waals surface area (Å²) >= 11 is 0. The number of likely N-dealkylation sites (tertiary alicyclic amines) is 1. The summed E-state index contributed by atoms with van der Waals surface area (Å²) in [4.78, 5) is 2.30. The first kappa shape index (κ1) is 15.2. The largest absolute Gasteiger partial charge is 0.395 e. The molecular weight excluding hydrogens is 240 g/mol. The van der Waals surface area contributed by atoms with Crippen molar-refractivity contribution in [2.45, 2.75) is 50.3 Å². The second-order valence-corrected chi connectivity index (χ2v) is 6.34. The Kier molecular flexibility index (Phi) is 5.63. The van der Waals surface area contributed by atoms with Gasteiger partial charge in [0.15, 0.2) is 0 Å². The van der Waals surface area contributed by atoms with Crippen molar-refractivity contribution in [1.29, 1.82) is 0 Å². The minimum Gasteiger partial charge on any atom is -0.395 e. The highest BCUT2D eigenvalue weighted by Gasteiger charge is 2.38. The molecule has 2 aliphatic rings. The third kappa shape index (κ3) is 3.48. The molecule has 0 spiro atoms. The molecule has 1 aliphatic heterocycles. The fraction of sp³-hybridized carbons (Fsp3) is 1.00. The van der Waals surface area contributed by atoms with Crippen LogP contribution in [0.2, 0.25) is 0 Å². The van der Waals surface area contributed by atoms with Crippen LogP contribution in [-0.4, -0.2) is 62.6 Å². The maximum atomic E-state index is 9.51. The average Bonchev–Trinajstić information content (AvgIpc) is 2.47. The molecule has 2 N–H and O–H groups in total. The number of piperidine rings is 1. The van der Waals surface area contributed by atoms with Gasteiger partial charge in [0, 0.05) is 19.2 Å². The molecule has 1 aliphatic carbocycles. The number of hydrogen-bond donors (Lipinski definition) is 2. The molecular formula is C15H30N2O2. The van der Waals surface area contributed by atoms with Gasteiger partial charge in [-0.3, -0.25) is 0 Å². The van der Waals surface area contributed by atoms with Crippen LogP contribution in [0.4, 0.5) is 0 Å². The van der Waals surface area contributed by atoms with Gasteiger partial charge in [-0.15, -0.1) is 0 Å². The zero-order chi connectivity index (χ0) is 13.8. The van der Waals surface area contributed by atoms with Gasteiger partial charge < -0.3 is 20.1 Å². The van der Waals surface area contributed by atoms with Crippen molar-refractivity contribution >= 4 is 0 Å². The van der Waals surface area contributed by atoms with E-state index in [1.165, 1.54) is 25.7 Å². The Hall–Kier alpha value is -0.160. The molecule has 112 valence electrons. The summed E-state index contributed by atoms with van der Waals surface area (Å²) in [6.07, 6.45) is 6.39. The number of aliphatic hydroxyl groups is 1. The monoisotopic (exact) mass is 270 g/mol. The highest BCUT2D eigenvalue weighted by Crippen LogP contribution is 2.38. The van der Waals surface area contributed by atoms with Crippen molar-refractivity contribution in [3.05, 3.63) is 0 Å². The summed E-state index contributed by atoms with van der Waals surface area (Å²) in [5, 5.41) is 12.9. The van der Waals surface area contributed by atoms with Crippen LogP contribution in [0.25, 0.3) is 0 Å². The molecule has 0 radical (unpaired) electrons. The molecule has 0 amide bonds. The van der Waals surface area contributed by atoms with E-state index in [-0.39, 0.29) is 6.61 Å². The number of rotatable bonds is 4. The second kappa shape index (κ2) is 7.02. The van der Waals surface area contributed by atoms with Crippen LogP contribution in [0, 0.1) is 11.8 Å². The lowest BCUT2D eigenvalue weighted by Gasteiger charge is -2.45. The standard InChI is InChI=1S/C15H30N2O2/c1-16-12-4-5-15(19-3)14(9-12)11-6-7-17(2)13(8-11)10-18/h11-16,18H,4-10H2,1-3H3. The Balaban J connectivity index is 2.00. The van der Waals surface area contributed by atoms with Crippen molar-refractivity contribution in [1.82, 2.24) is 10.2 Å². The van der Waals surface area contributed by atoms with Gasteiger partial charge in [-0.1, -0.05) is 0 Å².